The molecule has 0 amide bonds. The molecule has 0 radical (unpaired) electrons. The molecule has 3 aromatic rings. The summed E-state index contributed by atoms with van der Waals surface area (Å²) < 4.78 is 1.40. The van der Waals surface area contributed by atoms with Crippen molar-refractivity contribution < 1.29 is 10.2 Å². The highest BCUT2D eigenvalue weighted by molar-refractivity contribution is 5.55. The number of nitrogens with zero attached hydrogens (tertiary/aromatic N) is 4. The lowest BCUT2D eigenvalue weighted by molar-refractivity contribution is 0.434. The molecule has 0 aliphatic rings. The molecule has 6 nitrogen and oxygen atoms in total. The summed E-state index contributed by atoms with van der Waals surface area (Å²) in [6.45, 7) is 1.73. The van der Waals surface area contributed by atoms with E-state index in [1.807, 2.05) is 30.3 Å². The molecule has 1 heterocycles. The summed E-state index contributed by atoms with van der Waals surface area (Å²) in [5.41, 5.74) is 1.87. The van der Waals surface area contributed by atoms with Gasteiger partial charge in [0.25, 0.3) is 0 Å². The molecule has 0 spiro atoms. The smallest absolute Gasteiger partial charge is 0.243 e. The summed E-state index contributed by atoms with van der Waals surface area (Å²) in [7, 11) is 0. The molecule has 22 heavy (non-hydrogen) atoms. The number of aromatic nitrogens is 2. The lowest BCUT2D eigenvalue weighted by Crippen LogP contribution is -1.94. The number of hydrogen-bond acceptors (Lipinski definition) is 5. The predicted octanol–water partition coefficient (Wildman–Crippen LogP) is 4.01. The number of hydrogen-bond donors (Lipinski definition) is 2. The van der Waals surface area contributed by atoms with Crippen LogP contribution in [0, 0.1) is 6.92 Å². The van der Waals surface area contributed by atoms with Gasteiger partial charge in [0.1, 0.15) is 11.4 Å². The highest BCUT2D eigenvalue weighted by atomic mass is 16.3. The molecule has 0 saturated carbocycles. The van der Waals surface area contributed by atoms with Crippen LogP contribution in [0.3, 0.4) is 0 Å². The van der Waals surface area contributed by atoms with Gasteiger partial charge in [-0.25, -0.2) is 0 Å². The molecule has 6 heteroatoms. The number of phenolic OH excluding ortho intramolecular Hbond substituents is 1. The van der Waals surface area contributed by atoms with Crippen LogP contribution in [0.15, 0.2) is 64.8 Å². The molecule has 1 aromatic heterocycles. The average Bonchev–Trinajstić information content (AvgIpc) is 2.82. The minimum atomic E-state index is -0.0946. The van der Waals surface area contributed by atoms with Gasteiger partial charge in [-0.2, -0.15) is 9.78 Å². The van der Waals surface area contributed by atoms with E-state index in [4.69, 9.17) is 0 Å². The average molecular weight is 294 g/mol. The number of aryl methyl sites for hydroxylation is 1. The van der Waals surface area contributed by atoms with Gasteiger partial charge in [0.05, 0.1) is 11.4 Å². The van der Waals surface area contributed by atoms with Gasteiger partial charge in [0, 0.05) is 0 Å². The summed E-state index contributed by atoms with van der Waals surface area (Å²) in [4.78, 5) is 0. The maximum Gasteiger partial charge on any atom is 0.243 e. The maximum atomic E-state index is 10.3. The van der Waals surface area contributed by atoms with E-state index in [9.17, 15) is 10.2 Å². The minimum absolute atomic E-state index is 0.0267. The SMILES string of the molecule is Cc1nn(-c2ccccc2)c(O)c1N=Nc1ccccc1O. The number of benzene rings is 2. The Labute approximate surface area is 127 Å². The van der Waals surface area contributed by atoms with Gasteiger partial charge in [-0.3, -0.25) is 0 Å². The van der Waals surface area contributed by atoms with Crippen molar-refractivity contribution in [1.29, 1.82) is 0 Å². The van der Waals surface area contributed by atoms with Gasteiger partial charge in [-0.05, 0) is 31.2 Å². The first-order chi connectivity index (χ1) is 10.7. The van der Waals surface area contributed by atoms with Gasteiger partial charge >= 0.3 is 0 Å². The molecule has 0 bridgehead atoms. The molecular weight excluding hydrogens is 280 g/mol. The zero-order chi connectivity index (χ0) is 15.5. The Hall–Kier alpha value is -3.15. The first-order valence-corrected chi connectivity index (χ1v) is 6.70. The number of para-hydroxylation sites is 2. The summed E-state index contributed by atoms with van der Waals surface area (Å²) >= 11 is 0. The summed E-state index contributed by atoms with van der Waals surface area (Å²) in [6.07, 6.45) is 0. The molecule has 0 aliphatic carbocycles. The van der Waals surface area contributed by atoms with Crippen LogP contribution in [0.5, 0.6) is 11.6 Å². The van der Waals surface area contributed by atoms with Crippen LogP contribution in [0.1, 0.15) is 5.69 Å². The zero-order valence-corrected chi connectivity index (χ0v) is 11.9. The van der Waals surface area contributed by atoms with E-state index in [2.05, 4.69) is 15.3 Å². The third-order valence-corrected chi connectivity index (χ3v) is 3.15. The Morgan fingerprint density at radius 1 is 0.909 bits per heavy atom. The fourth-order valence-electron chi connectivity index (χ4n) is 2.03. The van der Waals surface area contributed by atoms with E-state index < -0.39 is 0 Å². The van der Waals surface area contributed by atoms with E-state index in [0.717, 1.165) is 5.69 Å². The van der Waals surface area contributed by atoms with Crippen molar-refractivity contribution in [3.63, 3.8) is 0 Å². The normalized spacial score (nSPS) is 11.1. The van der Waals surface area contributed by atoms with E-state index in [-0.39, 0.29) is 17.3 Å². The third-order valence-electron chi connectivity index (χ3n) is 3.15. The Morgan fingerprint density at radius 3 is 2.32 bits per heavy atom. The number of azo groups is 1. The highest BCUT2D eigenvalue weighted by Crippen LogP contribution is 2.35. The Kier molecular flexibility index (Phi) is 3.57. The lowest BCUT2D eigenvalue weighted by Gasteiger charge is -2.01. The van der Waals surface area contributed by atoms with Crippen LogP contribution in [-0.2, 0) is 0 Å². The third kappa shape index (κ3) is 2.54. The first-order valence-electron chi connectivity index (χ1n) is 6.70. The highest BCUT2D eigenvalue weighted by Gasteiger charge is 2.15. The van der Waals surface area contributed by atoms with Crippen LogP contribution >= 0.6 is 0 Å². The van der Waals surface area contributed by atoms with Gasteiger partial charge in [0.15, 0.2) is 5.69 Å². The Morgan fingerprint density at radius 2 is 1.59 bits per heavy atom. The van der Waals surface area contributed by atoms with E-state index >= 15 is 0 Å². The molecule has 110 valence electrons. The molecule has 0 atom stereocenters. The van der Waals surface area contributed by atoms with Crippen molar-refractivity contribution in [2.45, 2.75) is 6.92 Å². The lowest BCUT2D eigenvalue weighted by atomic mass is 10.3. The number of rotatable bonds is 3. The predicted molar refractivity (Wildman–Crippen MR) is 82.2 cm³/mol. The number of phenols is 1. The van der Waals surface area contributed by atoms with Crippen LogP contribution in [0.2, 0.25) is 0 Å². The van der Waals surface area contributed by atoms with E-state index in [0.29, 0.717) is 11.4 Å². The summed E-state index contributed by atoms with van der Waals surface area (Å²) in [5, 5.41) is 32.2. The second kappa shape index (κ2) is 5.69. The number of aromatic hydroxyl groups is 2. The van der Waals surface area contributed by atoms with E-state index in [1.165, 1.54) is 10.7 Å². The molecular formula is C16H14N4O2. The van der Waals surface area contributed by atoms with Crippen LogP contribution in [0.25, 0.3) is 5.69 Å². The van der Waals surface area contributed by atoms with Crippen molar-refractivity contribution in [2.24, 2.45) is 10.2 Å². The van der Waals surface area contributed by atoms with Gasteiger partial charge in [-0.1, -0.05) is 30.3 Å². The quantitative estimate of drug-likeness (QED) is 0.716. The van der Waals surface area contributed by atoms with Crippen molar-refractivity contribution in [3.8, 4) is 17.3 Å². The standard InChI is InChI=1S/C16H14N4O2/c1-11-15(18-17-13-9-5-6-10-14(13)21)16(22)20(19-11)12-7-3-2-4-8-12/h2-10,21-22H,1H3. The molecule has 3 rings (SSSR count). The second-order valence-corrected chi connectivity index (χ2v) is 4.69. The fraction of sp³-hybridized carbons (Fsp3) is 0.0625. The van der Waals surface area contributed by atoms with E-state index in [1.54, 1.807) is 25.1 Å². The van der Waals surface area contributed by atoms with Crippen molar-refractivity contribution in [1.82, 2.24) is 9.78 Å². The van der Waals surface area contributed by atoms with Crippen molar-refractivity contribution in [2.75, 3.05) is 0 Å². The summed E-state index contributed by atoms with van der Waals surface area (Å²) in [6, 6.07) is 15.9. The molecule has 0 fully saturated rings. The molecule has 2 N–H and O–H groups in total. The zero-order valence-electron chi connectivity index (χ0n) is 11.9. The van der Waals surface area contributed by atoms with Crippen LogP contribution in [0.4, 0.5) is 11.4 Å². The van der Waals surface area contributed by atoms with Gasteiger partial charge in [-0.15, -0.1) is 10.2 Å². The van der Waals surface area contributed by atoms with Crippen LogP contribution in [-0.4, -0.2) is 20.0 Å². The largest absolute Gasteiger partial charge is 0.506 e. The Balaban J connectivity index is 1.99. The topological polar surface area (TPSA) is 83.0 Å². The minimum Gasteiger partial charge on any atom is -0.506 e. The molecule has 2 aromatic carbocycles. The van der Waals surface area contributed by atoms with Crippen LogP contribution < -0.4 is 0 Å². The fourth-order valence-corrected chi connectivity index (χ4v) is 2.03. The van der Waals surface area contributed by atoms with Gasteiger partial charge < -0.3 is 10.2 Å². The summed E-state index contributed by atoms with van der Waals surface area (Å²) in [5.74, 6) is -0.0679. The molecule has 0 saturated heterocycles. The van der Waals surface area contributed by atoms with Crippen molar-refractivity contribution in [3.05, 3.63) is 60.3 Å². The maximum absolute atomic E-state index is 10.3. The molecule has 0 unspecified atom stereocenters. The monoisotopic (exact) mass is 294 g/mol. The second-order valence-electron chi connectivity index (χ2n) is 4.69. The van der Waals surface area contributed by atoms with Gasteiger partial charge in [0.2, 0.25) is 5.88 Å². The molecule has 0 aliphatic heterocycles. The van der Waals surface area contributed by atoms with Crippen molar-refractivity contribution >= 4 is 11.4 Å². The first kappa shape index (κ1) is 13.8. The Bertz CT molecular complexity index is 825.